The first kappa shape index (κ1) is 15.5. The Labute approximate surface area is 122 Å². The lowest BCUT2D eigenvalue weighted by molar-refractivity contribution is -0.148. The lowest BCUT2D eigenvalue weighted by Crippen LogP contribution is -2.47. The summed E-state index contributed by atoms with van der Waals surface area (Å²) in [6, 6.07) is 0. The van der Waals surface area contributed by atoms with Gasteiger partial charge in [-0.2, -0.15) is 0 Å². The van der Waals surface area contributed by atoms with Crippen LogP contribution in [0.15, 0.2) is 4.52 Å². The van der Waals surface area contributed by atoms with Gasteiger partial charge in [-0.25, -0.2) is 0 Å². The number of aromatic nitrogens is 1. The summed E-state index contributed by atoms with van der Waals surface area (Å²) in [6.07, 6.45) is -0.541. The van der Waals surface area contributed by atoms with Crippen molar-refractivity contribution in [2.75, 3.05) is 19.7 Å². The molecule has 1 aromatic heterocycles. The lowest BCUT2D eigenvalue weighted by atomic mass is 9.97. The first-order chi connectivity index (χ1) is 9.90. The van der Waals surface area contributed by atoms with Crippen LogP contribution in [0.4, 0.5) is 0 Å². The van der Waals surface area contributed by atoms with E-state index in [0.29, 0.717) is 31.2 Å². The highest BCUT2D eigenvalue weighted by Crippen LogP contribution is 2.25. The van der Waals surface area contributed by atoms with Crippen molar-refractivity contribution in [3.63, 3.8) is 0 Å². The topological polar surface area (TPSA) is 92.9 Å². The van der Waals surface area contributed by atoms with Crippen molar-refractivity contribution in [1.82, 2.24) is 10.1 Å². The highest BCUT2D eigenvalue weighted by Gasteiger charge is 2.31. The van der Waals surface area contributed by atoms with Gasteiger partial charge >= 0.3 is 5.97 Å². The van der Waals surface area contributed by atoms with Gasteiger partial charge in [-0.05, 0) is 20.8 Å². The summed E-state index contributed by atoms with van der Waals surface area (Å²) in [4.78, 5) is 25.0. The van der Waals surface area contributed by atoms with Crippen LogP contribution in [0.2, 0.25) is 0 Å². The van der Waals surface area contributed by atoms with Crippen LogP contribution in [0.5, 0.6) is 0 Å². The maximum Gasteiger partial charge on any atom is 0.306 e. The van der Waals surface area contributed by atoms with E-state index in [4.69, 9.17) is 14.4 Å². The summed E-state index contributed by atoms with van der Waals surface area (Å²) in [5.41, 5.74) is 1.52. The van der Waals surface area contributed by atoms with Crippen LogP contribution in [-0.2, 0) is 14.3 Å². The van der Waals surface area contributed by atoms with Crippen LogP contribution in [0.25, 0.3) is 0 Å². The minimum Gasteiger partial charge on any atom is -0.481 e. The zero-order chi connectivity index (χ0) is 15.6. The highest BCUT2D eigenvalue weighted by atomic mass is 16.5. The molecule has 0 radical (unpaired) electrons. The smallest absolute Gasteiger partial charge is 0.306 e. The van der Waals surface area contributed by atoms with Crippen LogP contribution in [0.3, 0.4) is 0 Å². The van der Waals surface area contributed by atoms with E-state index < -0.39 is 12.1 Å². The lowest BCUT2D eigenvalue weighted by Gasteiger charge is -2.34. The number of hydrogen-bond acceptors (Lipinski definition) is 5. The molecule has 1 aromatic rings. The summed E-state index contributed by atoms with van der Waals surface area (Å²) in [5, 5.41) is 12.7. The molecule has 1 N–H and O–H groups in total. The molecule has 1 aliphatic heterocycles. The Balaban J connectivity index is 2.07. The van der Waals surface area contributed by atoms with E-state index >= 15 is 0 Å². The molecule has 7 nitrogen and oxygen atoms in total. The van der Waals surface area contributed by atoms with Gasteiger partial charge in [-0.3, -0.25) is 9.59 Å². The average Bonchev–Trinajstić information content (AvgIpc) is 2.76. The predicted octanol–water partition coefficient (Wildman–Crippen LogP) is 1.10. The molecule has 0 saturated carbocycles. The fourth-order valence-corrected chi connectivity index (χ4v) is 2.74. The van der Waals surface area contributed by atoms with E-state index in [0.717, 1.165) is 5.56 Å². The first-order valence-corrected chi connectivity index (χ1v) is 6.95. The average molecular weight is 296 g/mol. The number of aliphatic carboxylic acids is 1. The fourth-order valence-electron chi connectivity index (χ4n) is 2.74. The number of rotatable bonds is 4. The monoisotopic (exact) mass is 296 g/mol. The summed E-state index contributed by atoms with van der Waals surface area (Å²) in [7, 11) is 0. The Morgan fingerprint density at radius 3 is 2.76 bits per heavy atom. The van der Waals surface area contributed by atoms with Crippen molar-refractivity contribution < 1.29 is 24.0 Å². The minimum absolute atomic E-state index is 0.0527. The zero-order valence-electron chi connectivity index (χ0n) is 12.5. The number of carbonyl (C=O) groups excluding carboxylic acids is 1. The zero-order valence-corrected chi connectivity index (χ0v) is 12.5. The number of carbonyl (C=O) groups is 2. The molecule has 7 heteroatoms. The van der Waals surface area contributed by atoms with E-state index in [1.165, 1.54) is 0 Å². The summed E-state index contributed by atoms with van der Waals surface area (Å²) in [6.45, 7) is 6.55. The Bertz CT molecular complexity index is 520. The van der Waals surface area contributed by atoms with Crippen molar-refractivity contribution >= 4 is 11.9 Å². The van der Waals surface area contributed by atoms with Gasteiger partial charge in [0.25, 0.3) is 0 Å². The van der Waals surface area contributed by atoms with Crippen LogP contribution >= 0.6 is 0 Å². The maximum atomic E-state index is 12.6. The standard InChI is InChI=1S/C14H20N2O5/c1-8(13-9(2)15-21-10(13)3)14(19)16-4-5-20-11(7-16)6-12(17)18/h8,11H,4-7H2,1-3H3,(H,17,18)/t8-,11+/m0/s1. The van der Waals surface area contributed by atoms with Crippen LogP contribution < -0.4 is 0 Å². The van der Waals surface area contributed by atoms with Crippen molar-refractivity contribution in [2.24, 2.45) is 0 Å². The highest BCUT2D eigenvalue weighted by molar-refractivity contribution is 5.84. The summed E-state index contributed by atoms with van der Waals surface area (Å²) in [5.74, 6) is -0.695. The third-order valence-corrected chi connectivity index (χ3v) is 3.74. The van der Waals surface area contributed by atoms with Crippen molar-refractivity contribution in [2.45, 2.75) is 39.2 Å². The molecular weight excluding hydrogens is 276 g/mol. The number of nitrogens with zero attached hydrogens (tertiary/aromatic N) is 2. The first-order valence-electron chi connectivity index (χ1n) is 6.95. The third kappa shape index (κ3) is 3.41. The van der Waals surface area contributed by atoms with Crippen LogP contribution in [-0.4, -0.2) is 52.8 Å². The van der Waals surface area contributed by atoms with E-state index in [-0.39, 0.29) is 18.2 Å². The van der Waals surface area contributed by atoms with E-state index in [1.54, 1.807) is 11.8 Å². The summed E-state index contributed by atoms with van der Waals surface area (Å²) >= 11 is 0. The minimum atomic E-state index is -0.923. The molecule has 1 fully saturated rings. The van der Waals surface area contributed by atoms with Crippen LogP contribution in [0.1, 0.15) is 36.3 Å². The van der Waals surface area contributed by atoms with Gasteiger partial charge in [-0.15, -0.1) is 0 Å². The molecule has 0 spiro atoms. The number of amides is 1. The third-order valence-electron chi connectivity index (χ3n) is 3.74. The second-order valence-corrected chi connectivity index (χ2v) is 5.33. The molecule has 2 heterocycles. The SMILES string of the molecule is Cc1noc(C)c1[C@H](C)C(=O)N1CCO[C@H](CC(=O)O)C1. The predicted molar refractivity (Wildman–Crippen MR) is 73.0 cm³/mol. The Hall–Kier alpha value is -1.89. The van der Waals surface area contributed by atoms with E-state index in [2.05, 4.69) is 5.16 Å². The quantitative estimate of drug-likeness (QED) is 0.894. The van der Waals surface area contributed by atoms with Gasteiger partial charge in [0.15, 0.2) is 0 Å². The molecule has 2 atom stereocenters. The molecule has 1 amide bonds. The number of carboxylic acids is 1. The van der Waals surface area contributed by atoms with E-state index in [1.807, 2.05) is 13.8 Å². The number of ether oxygens (including phenoxy) is 1. The molecule has 0 unspecified atom stereocenters. The molecule has 0 aromatic carbocycles. The van der Waals surface area contributed by atoms with Gasteiger partial charge in [0.2, 0.25) is 5.91 Å². The molecular formula is C14H20N2O5. The van der Waals surface area contributed by atoms with Gasteiger partial charge < -0.3 is 19.3 Å². The molecule has 1 aliphatic rings. The molecule has 0 bridgehead atoms. The van der Waals surface area contributed by atoms with E-state index in [9.17, 15) is 9.59 Å². The summed E-state index contributed by atoms with van der Waals surface area (Å²) < 4.78 is 10.5. The van der Waals surface area contributed by atoms with Gasteiger partial charge in [0.05, 0.1) is 30.7 Å². The molecule has 0 aliphatic carbocycles. The van der Waals surface area contributed by atoms with Gasteiger partial charge in [0.1, 0.15) is 5.76 Å². The Morgan fingerprint density at radius 1 is 1.48 bits per heavy atom. The number of aryl methyl sites for hydroxylation is 2. The molecule has 1 saturated heterocycles. The number of hydrogen-bond donors (Lipinski definition) is 1. The Morgan fingerprint density at radius 2 is 2.19 bits per heavy atom. The largest absolute Gasteiger partial charge is 0.481 e. The molecule has 2 rings (SSSR count). The van der Waals surface area contributed by atoms with Crippen LogP contribution in [0, 0.1) is 13.8 Å². The molecule has 21 heavy (non-hydrogen) atoms. The second-order valence-electron chi connectivity index (χ2n) is 5.33. The number of carboxylic acid groups (broad SMARTS) is 1. The maximum absolute atomic E-state index is 12.6. The molecule has 116 valence electrons. The van der Waals surface area contributed by atoms with Gasteiger partial charge in [0, 0.05) is 18.7 Å². The normalized spacial score (nSPS) is 20.3. The van der Waals surface area contributed by atoms with Crippen molar-refractivity contribution in [1.29, 1.82) is 0 Å². The van der Waals surface area contributed by atoms with Crippen molar-refractivity contribution in [3.8, 4) is 0 Å². The van der Waals surface area contributed by atoms with Gasteiger partial charge in [-0.1, -0.05) is 5.16 Å². The Kier molecular flexibility index (Phi) is 4.62. The number of morpholine rings is 1. The second kappa shape index (κ2) is 6.26. The fraction of sp³-hybridized carbons (Fsp3) is 0.643. The van der Waals surface area contributed by atoms with Crippen molar-refractivity contribution in [3.05, 3.63) is 17.0 Å².